The molecule has 2 aromatic heterocycles. The molecule has 0 saturated heterocycles. The van der Waals surface area contributed by atoms with Gasteiger partial charge in [-0.1, -0.05) is 29.3 Å². The van der Waals surface area contributed by atoms with E-state index in [4.69, 9.17) is 32.9 Å². The predicted molar refractivity (Wildman–Crippen MR) is 141 cm³/mol. The highest BCUT2D eigenvalue weighted by Gasteiger charge is 2.38. The third-order valence-electron chi connectivity index (χ3n) is 7.14. The number of hydrogen-bond donors (Lipinski definition) is 0. The van der Waals surface area contributed by atoms with E-state index in [2.05, 4.69) is 9.55 Å². The molecule has 8 nitrogen and oxygen atoms in total. The van der Waals surface area contributed by atoms with E-state index in [-0.39, 0.29) is 40.0 Å². The van der Waals surface area contributed by atoms with Crippen LogP contribution in [0.25, 0.3) is 0 Å². The molecular weight excluding hydrogens is 532 g/mol. The highest BCUT2D eigenvalue weighted by atomic mass is 35.5. The first-order chi connectivity index (χ1) is 18.3. The number of rotatable bonds is 6. The van der Waals surface area contributed by atoms with Crippen LogP contribution in [-0.2, 0) is 24.2 Å². The number of nitrogens with zero attached hydrogens (tertiary/aromatic N) is 5. The Morgan fingerprint density at radius 1 is 1.13 bits per heavy atom. The summed E-state index contributed by atoms with van der Waals surface area (Å²) in [6, 6.07) is 6.90. The number of hydrogen-bond acceptors (Lipinski definition) is 5. The van der Waals surface area contributed by atoms with Crippen LogP contribution in [0.3, 0.4) is 0 Å². The summed E-state index contributed by atoms with van der Waals surface area (Å²) in [4.78, 5) is 38.0. The van der Waals surface area contributed by atoms with Gasteiger partial charge in [0.05, 0.1) is 11.4 Å². The maximum absolute atomic E-state index is 15.3. The van der Waals surface area contributed by atoms with Crippen molar-refractivity contribution in [1.82, 2.24) is 24.3 Å². The minimum Gasteiger partial charge on any atom is -0.481 e. The zero-order chi connectivity index (χ0) is 27.0. The number of ether oxygens (including phenoxy) is 1. The molecule has 1 unspecified atom stereocenters. The first kappa shape index (κ1) is 26.4. The number of amides is 2. The van der Waals surface area contributed by atoms with Gasteiger partial charge in [-0.2, -0.15) is 0 Å². The highest BCUT2D eigenvalue weighted by Crippen LogP contribution is 2.39. The number of imidazole rings is 1. The van der Waals surface area contributed by atoms with E-state index in [1.165, 1.54) is 23.1 Å². The molecule has 0 N–H and O–H groups in total. The number of carbonyl (C=O) groups is 2. The van der Waals surface area contributed by atoms with Gasteiger partial charge in [-0.15, -0.1) is 0 Å². The number of halogens is 3. The lowest BCUT2D eigenvalue weighted by molar-refractivity contribution is -0.135. The van der Waals surface area contributed by atoms with Crippen LogP contribution in [0.15, 0.2) is 30.3 Å². The lowest BCUT2D eigenvalue weighted by Crippen LogP contribution is -2.44. The van der Waals surface area contributed by atoms with Crippen LogP contribution in [0.5, 0.6) is 5.75 Å². The Morgan fingerprint density at radius 2 is 1.95 bits per heavy atom. The average molecular weight is 560 g/mol. The van der Waals surface area contributed by atoms with Crippen LogP contribution < -0.4 is 4.74 Å². The summed E-state index contributed by atoms with van der Waals surface area (Å²) in [6.45, 7) is 3.20. The fraction of sp³-hybridized carbons (Fsp3) is 0.407. The largest absolute Gasteiger partial charge is 0.481 e. The molecule has 3 aromatic rings. The summed E-state index contributed by atoms with van der Waals surface area (Å²) in [6.07, 6.45) is 3.48. The van der Waals surface area contributed by atoms with Crippen molar-refractivity contribution in [1.29, 1.82) is 0 Å². The predicted octanol–water partition coefficient (Wildman–Crippen LogP) is 4.71. The molecule has 1 atom stereocenters. The molecule has 2 aliphatic rings. The zero-order valence-electron chi connectivity index (χ0n) is 21.2. The first-order valence-electron chi connectivity index (χ1n) is 12.7. The highest BCUT2D eigenvalue weighted by molar-refractivity contribution is 6.31. The Kier molecular flexibility index (Phi) is 7.59. The fourth-order valence-electron chi connectivity index (χ4n) is 5.07. The molecule has 0 radical (unpaired) electrons. The average Bonchev–Trinajstić information content (AvgIpc) is 3.30. The molecule has 2 aliphatic heterocycles. The van der Waals surface area contributed by atoms with E-state index < -0.39 is 11.9 Å². The molecule has 0 bridgehead atoms. The van der Waals surface area contributed by atoms with Crippen molar-refractivity contribution in [3.63, 3.8) is 0 Å². The van der Waals surface area contributed by atoms with E-state index >= 15 is 4.39 Å². The molecule has 5 rings (SSSR count). The van der Waals surface area contributed by atoms with Gasteiger partial charge in [-0.05, 0) is 44.0 Å². The van der Waals surface area contributed by atoms with Crippen LogP contribution in [0.4, 0.5) is 4.39 Å². The van der Waals surface area contributed by atoms with E-state index in [1.807, 2.05) is 6.92 Å². The van der Waals surface area contributed by atoms with Gasteiger partial charge < -0.3 is 19.1 Å². The second kappa shape index (κ2) is 10.9. The number of fused-ring (bicyclic) bond motifs is 3. The van der Waals surface area contributed by atoms with Crippen molar-refractivity contribution in [2.24, 2.45) is 0 Å². The summed E-state index contributed by atoms with van der Waals surface area (Å²) in [5, 5.41) is 0.271. The number of benzene rings is 1. The normalized spacial score (nSPS) is 16.6. The van der Waals surface area contributed by atoms with Gasteiger partial charge in [0.15, 0.2) is 17.5 Å². The number of carbonyl (C=O) groups excluding carboxylic acids is 2. The van der Waals surface area contributed by atoms with Gasteiger partial charge >= 0.3 is 0 Å². The molecule has 11 heteroatoms. The molecule has 1 aromatic carbocycles. The van der Waals surface area contributed by atoms with Gasteiger partial charge in [0.2, 0.25) is 0 Å². The van der Waals surface area contributed by atoms with Crippen molar-refractivity contribution in [3.05, 3.63) is 74.8 Å². The fourth-order valence-corrected chi connectivity index (χ4v) is 5.44. The SMILES string of the molecule is CCN(C)C(=O)c1ccc(OCC(=O)N2CCc3nc4n(c3C2c2ccc(Cl)cc2F)CCCC4)c(Cl)n1. The van der Waals surface area contributed by atoms with Crippen molar-refractivity contribution < 1.29 is 18.7 Å². The van der Waals surface area contributed by atoms with Gasteiger partial charge in [0.1, 0.15) is 23.4 Å². The Bertz CT molecular complexity index is 1400. The summed E-state index contributed by atoms with van der Waals surface area (Å²) in [5.41, 5.74) is 2.30. The Hall–Kier alpha value is -3.17. The summed E-state index contributed by atoms with van der Waals surface area (Å²) in [5.74, 6) is 0.0862. The maximum atomic E-state index is 15.3. The number of aromatic nitrogens is 3. The molecule has 4 heterocycles. The number of aryl methyl sites for hydroxylation is 1. The molecule has 0 fully saturated rings. The Morgan fingerprint density at radius 3 is 2.68 bits per heavy atom. The van der Waals surface area contributed by atoms with Crippen LogP contribution in [0, 0.1) is 5.82 Å². The molecular formula is C27H28Cl2FN5O3. The summed E-state index contributed by atoms with van der Waals surface area (Å²) < 4.78 is 23.1. The van der Waals surface area contributed by atoms with Crippen molar-refractivity contribution in [2.45, 2.75) is 45.2 Å². The molecule has 38 heavy (non-hydrogen) atoms. The van der Waals surface area contributed by atoms with Crippen LogP contribution in [-0.4, -0.2) is 62.9 Å². The lowest BCUT2D eigenvalue weighted by Gasteiger charge is -2.37. The summed E-state index contributed by atoms with van der Waals surface area (Å²) >= 11 is 12.3. The second-order valence-electron chi connectivity index (χ2n) is 9.47. The van der Waals surface area contributed by atoms with Gasteiger partial charge in [0, 0.05) is 50.1 Å². The molecule has 0 saturated carbocycles. The molecule has 0 spiro atoms. The van der Waals surface area contributed by atoms with Crippen molar-refractivity contribution in [2.75, 3.05) is 26.7 Å². The summed E-state index contributed by atoms with van der Waals surface area (Å²) in [7, 11) is 1.67. The maximum Gasteiger partial charge on any atom is 0.272 e. The Labute approximate surface area is 230 Å². The first-order valence-corrected chi connectivity index (χ1v) is 13.4. The van der Waals surface area contributed by atoms with E-state index in [9.17, 15) is 9.59 Å². The standard InChI is InChI=1S/C27H28Cl2FN5O3/c1-3-33(2)27(37)20-9-10-21(26(29)32-20)38-15-23(36)35-13-11-19-25(34-12-5-4-6-22(34)31-19)24(35)17-8-7-16(28)14-18(17)30/h7-10,14,24H,3-6,11-13,15H2,1-2H3. The van der Waals surface area contributed by atoms with Crippen LogP contribution >= 0.6 is 23.2 Å². The molecule has 2 amide bonds. The zero-order valence-corrected chi connectivity index (χ0v) is 22.7. The Balaban J connectivity index is 1.42. The minimum atomic E-state index is -0.662. The van der Waals surface area contributed by atoms with E-state index in [1.54, 1.807) is 24.1 Å². The lowest BCUT2D eigenvalue weighted by atomic mass is 9.94. The smallest absolute Gasteiger partial charge is 0.272 e. The molecule has 0 aliphatic carbocycles. The van der Waals surface area contributed by atoms with E-state index in [0.29, 0.717) is 25.1 Å². The van der Waals surface area contributed by atoms with Crippen molar-refractivity contribution in [3.8, 4) is 5.75 Å². The monoisotopic (exact) mass is 559 g/mol. The quantitative estimate of drug-likeness (QED) is 0.409. The van der Waals surface area contributed by atoms with Crippen LogP contribution in [0.1, 0.15) is 59.1 Å². The van der Waals surface area contributed by atoms with Gasteiger partial charge in [-0.25, -0.2) is 14.4 Å². The third-order valence-corrected chi connectivity index (χ3v) is 7.64. The molecule has 200 valence electrons. The van der Waals surface area contributed by atoms with Crippen LogP contribution in [0.2, 0.25) is 10.2 Å². The number of pyridine rings is 1. The van der Waals surface area contributed by atoms with Gasteiger partial charge in [0.25, 0.3) is 11.8 Å². The third kappa shape index (κ3) is 4.97. The van der Waals surface area contributed by atoms with Crippen molar-refractivity contribution >= 4 is 35.0 Å². The van der Waals surface area contributed by atoms with E-state index in [0.717, 1.165) is 43.0 Å². The second-order valence-corrected chi connectivity index (χ2v) is 10.3. The van der Waals surface area contributed by atoms with Gasteiger partial charge in [-0.3, -0.25) is 9.59 Å². The topological polar surface area (TPSA) is 80.6 Å². The minimum absolute atomic E-state index is 0.0146.